The maximum Gasteiger partial charge on any atom is 4.00 e. The van der Waals surface area contributed by atoms with Gasteiger partial charge in [-0.25, -0.2) is 11.1 Å². The Morgan fingerprint density at radius 1 is 0.281 bits per heavy atom. The maximum atomic E-state index is 4.77. The van der Waals surface area contributed by atoms with Gasteiger partial charge in [0.1, 0.15) is 0 Å². The molecule has 2 unspecified atom stereocenters. The minimum absolute atomic E-state index is 0. The summed E-state index contributed by atoms with van der Waals surface area (Å²) >= 11 is 0. The molecule has 9 heteroatoms. The van der Waals surface area contributed by atoms with Crippen LogP contribution < -0.4 is 9.80 Å². The molecule has 3 aliphatic carbocycles. The second kappa shape index (κ2) is 46.1. The molecule has 6 nitrogen and oxygen atoms in total. The Morgan fingerprint density at radius 2 is 0.570 bits per heavy atom. The molecule has 674 valence electrons. The summed E-state index contributed by atoms with van der Waals surface area (Å²) in [6.45, 7) is 18.9. The number of anilines is 6. The smallest absolute Gasteiger partial charge is 0.346 e. The Hall–Kier alpha value is -12.7. The Kier molecular flexibility index (Phi) is 33.1. The number of allylic oxidation sites excluding steroid dienone is 8. The number of nitrogens with zero attached hydrogens (tertiary/aromatic N) is 6. The molecular formula is C126H110N6Pt3. The first-order chi connectivity index (χ1) is 65.1. The number of hydrogen-bond donors (Lipinski definition) is 0. The number of benzene rings is 11. The summed E-state index contributed by atoms with van der Waals surface area (Å²) < 4.78 is 0. The van der Waals surface area contributed by atoms with E-state index in [2.05, 4.69) is 369 Å². The standard InChI is InChI=1S/C46H31N3.C40H27N3.C40H52.3Pt/c1-4-14-34(15-5-1)37-26-28-47-44(32-37)39-20-12-22-41(30-39)49(46-25-11-10-24-43(46)36-18-8-3-9-19-36)42-23-13-21-40(31-42)45-33-38(27-29-48-45)35-16-6-2-7-17-35;1-4-12-30(13-5-1)32-22-24-41-39(28-32)34-16-10-20-37(26-34)43(36-18-8-3-9-19-36)38-21-11-17-35(27-38)40-29-33(23-25-42-40)31-14-6-2-7-15-31;1-9-33-25-17-26(34(33)10-2)22-28-19-30(38(14-6)36(28)12-4)24-32-20-31(39(15-7)40(32)16-8)23-29-18-27(21-25)35(11-3)37(29)13-5;;;/h1-29,32-33H;1-25,28-29H;17,20,27,30H,9-16,21-24H2,1-8H3;;;/q2*-2;-4;2*+2;+4. The van der Waals surface area contributed by atoms with Crippen LogP contribution in [0.5, 0.6) is 0 Å². The molecule has 2 atom stereocenters. The van der Waals surface area contributed by atoms with E-state index in [1.165, 1.54) is 11.1 Å². The van der Waals surface area contributed by atoms with Crippen LogP contribution in [0.3, 0.4) is 0 Å². The van der Waals surface area contributed by atoms with Gasteiger partial charge in [-0.15, -0.1) is 119 Å². The molecule has 0 N–H and O–H groups in total. The van der Waals surface area contributed by atoms with Gasteiger partial charge in [-0.05, 0) is 138 Å². The van der Waals surface area contributed by atoms with E-state index in [0.717, 1.165) is 212 Å². The van der Waals surface area contributed by atoms with Crippen molar-refractivity contribution in [2.24, 2.45) is 11.8 Å². The summed E-state index contributed by atoms with van der Waals surface area (Å²) in [5.41, 5.74) is 46.4. The number of rotatable bonds is 23. The van der Waals surface area contributed by atoms with Crippen LogP contribution in [0.15, 0.2) is 398 Å². The zero-order chi connectivity index (χ0) is 90.2. The molecule has 13 aromatic carbocycles. The summed E-state index contributed by atoms with van der Waals surface area (Å²) in [6, 6.07) is 132. The summed E-state index contributed by atoms with van der Waals surface area (Å²) in [7, 11) is 0. The van der Waals surface area contributed by atoms with Crippen molar-refractivity contribution in [1.29, 1.82) is 0 Å². The van der Waals surface area contributed by atoms with E-state index >= 15 is 0 Å². The van der Waals surface area contributed by atoms with Crippen LogP contribution in [0.25, 0.3) is 101 Å². The Bertz CT molecular complexity index is 6650. The quantitative estimate of drug-likeness (QED) is 0.0595. The molecule has 0 saturated carbocycles. The third kappa shape index (κ3) is 21.7. The van der Waals surface area contributed by atoms with Crippen LogP contribution in [0.4, 0.5) is 34.1 Å². The Morgan fingerprint density at radius 3 is 0.881 bits per heavy atom. The molecule has 0 saturated heterocycles. The van der Waals surface area contributed by atoms with Crippen molar-refractivity contribution in [3.63, 3.8) is 0 Å². The minimum atomic E-state index is 0. The molecule has 4 heterocycles. The Labute approximate surface area is 843 Å². The van der Waals surface area contributed by atoms with Gasteiger partial charge in [0.05, 0.1) is 5.69 Å². The molecule has 20 rings (SSSR count). The minimum Gasteiger partial charge on any atom is -0.346 e. The molecule has 17 aromatic rings. The zero-order valence-corrected chi connectivity index (χ0v) is 84.7. The number of hydrogen-bond acceptors (Lipinski definition) is 6. The normalized spacial score (nSPS) is 13.6. The van der Waals surface area contributed by atoms with E-state index in [4.69, 9.17) is 19.9 Å². The largest absolute Gasteiger partial charge is 4.00 e. The fraction of sp³-hybridized carbons (Fsp3) is 0.175. The monoisotopic (exact) mass is 2290 g/mol. The SMILES string of the molecule is CCC1=C(CC)C2[C-]=C1Cc1[cH-]c(c(CC)c1CC)CC1[C-]=C(Cc3[cH-]c(c(CC)c3CC)C2)C(CC)=C1CC.[Pt+2].[Pt+2].[Pt+4].[c-]1c(-c2cc(-c3ccccc3)ccn2)cccc1N(c1[c-]c(-c2cc(-c3ccccc3)ccn2)ccc1)c1ccccc1.[c-]1c(-c2cc(-c3ccccc3)ccn2)cccc1N(c1[c-]c(-c2cc(-c3ccccc3)ccn2)ccc1)c1ccccc1-c1ccccc1. The van der Waals surface area contributed by atoms with Crippen molar-refractivity contribution >= 4 is 34.1 Å². The molecule has 4 aromatic heterocycles. The van der Waals surface area contributed by atoms with E-state index in [0.29, 0.717) is 11.8 Å². The summed E-state index contributed by atoms with van der Waals surface area (Å²) in [5.74, 6) is 0.857. The van der Waals surface area contributed by atoms with Gasteiger partial charge in [-0.3, -0.25) is 12.2 Å². The van der Waals surface area contributed by atoms with Crippen molar-refractivity contribution < 1.29 is 63.2 Å². The average Bonchev–Trinajstić information content (AvgIpc) is 1.76. The number of fused-ring (bicyclic) bond motifs is 6. The second-order valence-corrected chi connectivity index (χ2v) is 34.1. The molecule has 0 amide bonds. The first-order valence-electron chi connectivity index (χ1n) is 47.3. The van der Waals surface area contributed by atoms with Crippen LogP contribution in [0.2, 0.25) is 0 Å². The van der Waals surface area contributed by atoms with Crippen molar-refractivity contribution in [2.75, 3.05) is 9.80 Å². The molecule has 0 fully saturated rings. The number of aromatic nitrogens is 4. The van der Waals surface area contributed by atoms with E-state index < -0.39 is 0 Å². The van der Waals surface area contributed by atoms with Gasteiger partial charge in [0.25, 0.3) is 0 Å². The van der Waals surface area contributed by atoms with Gasteiger partial charge in [0, 0.05) is 36.0 Å². The Balaban J connectivity index is 0.000000153. The predicted octanol–water partition coefficient (Wildman–Crippen LogP) is 32.3. The third-order valence-electron chi connectivity index (χ3n) is 26.4. The molecule has 0 spiro atoms. The van der Waals surface area contributed by atoms with Crippen molar-refractivity contribution in [3.05, 3.63) is 479 Å². The summed E-state index contributed by atoms with van der Waals surface area (Å²) in [4.78, 5) is 23.3. The summed E-state index contributed by atoms with van der Waals surface area (Å²) in [6.07, 6.45) is 29.1. The first-order valence-corrected chi connectivity index (χ1v) is 47.3. The number of para-hydroxylation sites is 2. The van der Waals surface area contributed by atoms with E-state index in [9.17, 15) is 0 Å². The predicted molar refractivity (Wildman–Crippen MR) is 550 cm³/mol. The third-order valence-corrected chi connectivity index (χ3v) is 26.4. The van der Waals surface area contributed by atoms with Crippen molar-refractivity contribution in [2.45, 2.75) is 132 Å². The van der Waals surface area contributed by atoms with Gasteiger partial charge in [0.15, 0.2) is 0 Å². The maximum absolute atomic E-state index is 4.77. The van der Waals surface area contributed by atoms with E-state index in [-0.39, 0.29) is 63.2 Å². The van der Waals surface area contributed by atoms with Crippen LogP contribution in [0, 0.1) is 48.3 Å². The molecule has 135 heavy (non-hydrogen) atoms. The summed E-state index contributed by atoms with van der Waals surface area (Å²) in [5, 5.41) is 0. The van der Waals surface area contributed by atoms with Crippen LogP contribution in [-0.4, -0.2) is 19.9 Å². The number of pyridine rings is 4. The van der Waals surface area contributed by atoms with Gasteiger partial charge < -0.3 is 29.7 Å². The van der Waals surface area contributed by atoms with Gasteiger partial charge in [0.2, 0.25) is 0 Å². The van der Waals surface area contributed by atoms with Gasteiger partial charge in [-0.1, -0.05) is 357 Å². The fourth-order valence-corrected chi connectivity index (χ4v) is 20.3. The molecule has 0 aliphatic heterocycles. The molecule has 8 bridgehead atoms. The van der Waals surface area contributed by atoms with Crippen LogP contribution >= 0.6 is 0 Å². The van der Waals surface area contributed by atoms with Gasteiger partial charge in [-0.2, -0.15) is 78.9 Å². The van der Waals surface area contributed by atoms with E-state index in [1.807, 2.05) is 97.6 Å². The van der Waals surface area contributed by atoms with Gasteiger partial charge >= 0.3 is 63.2 Å². The van der Waals surface area contributed by atoms with Crippen molar-refractivity contribution in [3.8, 4) is 101 Å². The molecule has 3 aliphatic rings. The fourth-order valence-electron chi connectivity index (χ4n) is 20.3. The van der Waals surface area contributed by atoms with Crippen LogP contribution in [-0.2, 0) is 115 Å². The first kappa shape index (κ1) is 96.9. The molecular weight excluding hydrogens is 2180 g/mol. The topological polar surface area (TPSA) is 58.0 Å². The van der Waals surface area contributed by atoms with Crippen molar-refractivity contribution in [1.82, 2.24) is 19.9 Å². The van der Waals surface area contributed by atoms with Crippen LogP contribution in [0.1, 0.15) is 126 Å². The molecule has 0 radical (unpaired) electrons. The zero-order valence-electron chi connectivity index (χ0n) is 77.9. The van der Waals surface area contributed by atoms with E-state index in [1.54, 1.807) is 66.8 Å². The second-order valence-electron chi connectivity index (χ2n) is 34.1. The average molecular weight is 2290 g/mol.